The number of ether oxygens (including phenoxy) is 2. The first-order valence-electron chi connectivity index (χ1n) is 6.04. The average Bonchev–Trinajstić information content (AvgIpc) is 2.88. The minimum Gasteiger partial charge on any atom is -0.496 e. The summed E-state index contributed by atoms with van der Waals surface area (Å²) >= 11 is 3.32. The molecule has 0 saturated carbocycles. The van der Waals surface area contributed by atoms with E-state index in [9.17, 15) is 9.59 Å². The number of methoxy groups -OCH3 is 1. The Hall–Kier alpha value is -1.60. The van der Waals surface area contributed by atoms with Crippen LogP contribution in [0.3, 0.4) is 0 Å². The molecule has 6 nitrogen and oxygen atoms in total. The standard InChI is InChI=1S/C13H14BrNO5/c1-19-9-3-2-7(6-8(9)14)15-12(16)10-4-5-11(20-10)13(17)18/h2-3,6,10-11H,4-5H2,1H3,(H,15,16)(H,17,18)/t10-,11+/m0/s1. The van der Waals surface area contributed by atoms with E-state index in [4.69, 9.17) is 14.6 Å². The van der Waals surface area contributed by atoms with Gasteiger partial charge in [0.15, 0.2) is 6.10 Å². The molecule has 1 aliphatic heterocycles. The van der Waals surface area contributed by atoms with Crippen LogP contribution in [0.25, 0.3) is 0 Å². The van der Waals surface area contributed by atoms with Gasteiger partial charge in [0.25, 0.3) is 5.91 Å². The summed E-state index contributed by atoms with van der Waals surface area (Å²) in [5.41, 5.74) is 0.588. The summed E-state index contributed by atoms with van der Waals surface area (Å²) in [6.45, 7) is 0. The molecule has 7 heteroatoms. The molecular formula is C13H14BrNO5. The summed E-state index contributed by atoms with van der Waals surface area (Å²) in [4.78, 5) is 22.7. The molecule has 20 heavy (non-hydrogen) atoms. The van der Waals surface area contributed by atoms with E-state index in [2.05, 4.69) is 21.2 Å². The van der Waals surface area contributed by atoms with Crippen LogP contribution in [-0.2, 0) is 14.3 Å². The van der Waals surface area contributed by atoms with Crippen molar-refractivity contribution in [3.8, 4) is 5.75 Å². The Morgan fingerprint density at radius 2 is 2.10 bits per heavy atom. The summed E-state index contributed by atoms with van der Waals surface area (Å²) < 4.78 is 11.0. The van der Waals surface area contributed by atoms with E-state index < -0.39 is 18.2 Å². The number of carboxylic acids is 1. The molecule has 1 saturated heterocycles. The van der Waals surface area contributed by atoms with E-state index in [0.717, 1.165) is 0 Å². The van der Waals surface area contributed by atoms with Crippen molar-refractivity contribution in [2.75, 3.05) is 12.4 Å². The van der Waals surface area contributed by atoms with Crippen LogP contribution >= 0.6 is 15.9 Å². The van der Waals surface area contributed by atoms with Gasteiger partial charge >= 0.3 is 5.97 Å². The highest BCUT2D eigenvalue weighted by molar-refractivity contribution is 9.10. The Balaban J connectivity index is 1.98. The third kappa shape index (κ3) is 3.29. The van der Waals surface area contributed by atoms with E-state index >= 15 is 0 Å². The number of amides is 1. The van der Waals surface area contributed by atoms with Gasteiger partial charge in [-0.15, -0.1) is 0 Å². The van der Waals surface area contributed by atoms with Crippen LogP contribution in [0.5, 0.6) is 5.75 Å². The summed E-state index contributed by atoms with van der Waals surface area (Å²) in [6.07, 6.45) is -0.870. The molecule has 1 aromatic carbocycles. The van der Waals surface area contributed by atoms with Crippen molar-refractivity contribution in [2.45, 2.75) is 25.0 Å². The Morgan fingerprint density at radius 1 is 1.40 bits per heavy atom. The van der Waals surface area contributed by atoms with Crippen molar-refractivity contribution < 1.29 is 24.2 Å². The van der Waals surface area contributed by atoms with Gasteiger partial charge in [-0.3, -0.25) is 4.79 Å². The van der Waals surface area contributed by atoms with Crippen molar-refractivity contribution >= 4 is 33.5 Å². The topological polar surface area (TPSA) is 84.9 Å². The maximum atomic E-state index is 12.0. The SMILES string of the molecule is COc1ccc(NC(=O)[C@@H]2CC[C@H](C(=O)O)O2)cc1Br. The van der Waals surface area contributed by atoms with Crippen LogP contribution in [0, 0.1) is 0 Å². The fourth-order valence-corrected chi connectivity index (χ4v) is 2.52. The number of nitrogens with one attached hydrogen (secondary N) is 1. The molecule has 1 amide bonds. The molecule has 1 aromatic rings. The van der Waals surface area contributed by atoms with Crippen LogP contribution in [0.15, 0.2) is 22.7 Å². The second kappa shape index (κ2) is 6.23. The molecule has 1 heterocycles. The van der Waals surface area contributed by atoms with Gasteiger partial charge in [-0.2, -0.15) is 0 Å². The van der Waals surface area contributed by atoms with Crippen molar-refractivity contribution in [2.24, 2.45) is 0 Å². The number of hydrogen-bond donors (Lipinski definition) is 2. The zero-order valence-corrected chi connectivity index (χ0v) is 12.3. The molecule has 0 spiro atoms. The lowest BCUT2D eigenvalue weighted by Crippen LogP contribution is -2.29. The molecule has 0 aliphatic carbocycles. The van der Waals surface area contributed by atoms with Gasteiger partial charge in [0.05, 0.1) is 11.6 Å². The van der Waals surface area contributed by atoms with Gasteiger partial charge in [-0.05, 0) is 47.0 Å². The van der Waals surface area contributed by atoms with Gasteiger partial charge in [0.1, 0.15) is 11.9 Å². The van der Waals surface area contributed by atoms with Gasteiger partial charge < -0.3 is 19.9 Å². The number of hydrogen-bond acceptors (Lipinski definition) is 4. The lowest BCUT2D eigenvalue weighted by Gasteiger charge is -2.12. The number of carboxylic acid groups (broad SMARTS) is 1. The highest BCUT2D eigenvalue weighted by Crippen LogP contribution is 2.28. The van der Waals surface area contributed by atoms with Crippen molar-refractivity contribution in [1.82, 2.24) is 0 Å². The van der Waals surface area contributed by atoms with E-state index in [1.165, 1.54) is 0 Å². The second-order valence-corrected chi connectivity index (χ2v) is 5.22. The van der Waals surface area contributed by atoms with Crippen LogP contribution in [0.2, 0.25) is 0 Å². The third-order valence-corrected chi connectivity index (χ3v) is 3.63. The molecular weight excluding hydrogens is 330 g/mol. The summed E-state index contributed by atoms with van der Waals surface area (Å²) in [5, 5.41) is 11.5. The number of aliphatic carboxylic acids is 1. The largest absolute Gasteiger partial charge is 0.496 e. The van der Waals surface area contributed by atoms with E-state index in [1.54, 1.807) is 25.3 Å². The molecule has 1 aliphatic rings. The minimum absolute atomic E-state index is 0.342. The quantitative estimate of drug-likeness (QED) is 0.873. The molecule has 0 bridgehead atoms. The molecule has 0 aromatic heterocycles. The highest BCUT2D eigenvalue weighted by atomic mass is 79.9. The molecule has 2 N–H and O–H groups in total. The summed E-state index contributed by atoms with van der Waals surface area (Å²) in [5.74, 6) is -0.718. The zero-order chi connectivity index (χ0) is 14.7. The fraction of sp³-hybridized carbons (Fsp3) is 0.385. The Kier molecular flexibility index (Phi) is 4.61. The lowest BCUT2D eigenvalue weighted by atomic mass is 10.2. The third-order valence-electron chi connectivity index (χ3n) is 3.01. The maximum Gasteiger partial charge on any atom is 0.332 e. The smallest absolute Gasteiger partial charge is 0.332 e. The molecule has 1 fully saturated rings. The first-order valence-corrected chi connectivity index (χ1v) is 6.83. The van der Waals surface area contributed by atoms with Crippen LogP contribution < -0.4 is 10.1 Å². The lowest BCUT2D eigenvalue weighted by molar-refractivity contribution is -0.150. The van der Waals surface area contributed by atoms with Crippen molar-refractivity contribution in [3.05, 3.63) is 22.7 Å². The van der Waals surface area contributed by atoms with Crippen LogP contribution in [0.4, 0.5) is 5.69 Å². The predicted molar refractivity (Wildman–Crippen MR) is 74.9 cm³/mol. The fourth-order valence-electron chi connectivity index (χ4n) is 1.98. The molecule has 0 radical (unpaired) electrons. The van der Waals surface area contributed by atoms with Gasteiger partial charge in [-0.1, -0.05) is 0 Å². The molecule has 108 valence electrons. The van der Waals surface area contributed by atoms with Crippen LogP contribution in [0.1, 0.15) is 12.8 Å². The highest BCUT2D eigenvalue weighted by Gasteiger charge is 2.34. The number of rotatable bonds is 4. The first kappa shape index (κ1) is 14.8. The second-order valence-electron chi connectivity index (χ2n) is 4.37. The van der Waals surface area contributed by atoms with Crippen molar-refractivity contribution in [3.63, 3.8) is 0 Å². The van der Waals surface area contributed by atoms with Crippen LogP contribution in [-0.4, -0.2) is 36.3 Å². The summed E-state index contributed by atoms with van der Waals surface area (Å²) in [6, 6.07) is 5.13. The Labute approximate surface area is 124 Å². The van der Waals surface area contributed by atoms with Gasteiger partial charge in [0, 0.05) is 5.69 Å². The van der Waals surface area contributed by atoms with Gasteiger partial charge in [-0.25, -0.2) is 4.79 Å². The monoisotopic (exact) mass is 343 g/mol. The number of benzene rings is 1. The first-order chi connectivity index (χ1) is 9.51. The van der Waals surface area contributed by atoms with E-state index in [1.807, 2.05) is 0 Å². The average molecular weight is 344 g/mol. The van der Waals surface area contributed by atoms with Gasteiger partial charge in [0.2, 0.25) is 0 Å². The summed E-state index contributed by atoms with van der Waals surface area (Å²) in [7, 11) is 1.55. The number of carbonyl (C=O) groups excluding carboxylic acids is 1. The molecule has 2 atom stereocenters. The number of halogens is 1. The number of carbonyl (C=O) groups is 2. The Bertz CT molecular complexity index is 533. The normalized spacial score (nSPS) is 21.5. The molecule has 2 rings (SSSR count). The zero-order valence-electron chi connectivity index (χ0n) is 10.8. The maximum absolute atomic E-state index is 12.0. The predicted octanol–water partition coefficient (Wildman–Crippen LogP) is 2.03. The molecule has 0 unspecified atom stereocenters. The van der Waals surface area contributed by atoms with E-state index in [0.29, 0.717) is 28.8 Å². The Morgan fingerprint density at radius 3 is 2.65 bits per heavy atom. The minimum atomic E-state index is -1.03. The van der Waals surface area contributed by atoms with Crippen molar-refractivity contribution in [1.29, 1.82) is 0 Å². The van der Waals surface area contributed by atoms with E-state index in [-0.39, 0.29) is 5.91 Å². The number of anilines is 1.